The zero-order valence-corrected chi connectivity index (χ0v) is 14.7. The lowest BCUT2D eigenvalue weighted by Gasteiger charge is -2.32. The molecule has 0 aliphatic carbocycles. The van der Waals surface area contributed by atoms with Crippen molar-refractivity contribution in [1.29, 1.82) is 0 Å². The molecule has 0 radical (unpaired) electrons. The third-order valence-corrected chi connectivity index (χ3v) is 4.46. The van der Waals surface area contributed by atoms with Gasteiger partial charge in [-0.15, -0.1) is 0 Å². The monoisotopic (exact) mass is 319 g/mol. The van der Waals surface area contributed by atoms with Crippen molar-refractivity contribution in [1.82, 2.24) is 15.2 Å². The molecule has 2 amide bonds. The average molecular weight is 319 g/mol. The van der Waals surface area contributed by atoms with Crippen molar-refractivity contribution in [2.45, 2.75) is 47.0 Å². The molecule has 128 valence electrons. The van der Waals surface area contributed by atoms with Crippen LogP contribution in [0.1, 0.15) is 54.9 Å². The molecule has 1 aliphatic rings. The first kappa shape index (κ1) is 17.6. The molecule has 2 heterocycles. The Labute approximate surface area is 138 Å². The van der Waals surface area contributed by atoms with Crippen LogP contribution in [-0.2, 0) is 4.79 Å². The molecule has 5 nitrogen and oxygen atoms in total. The van der Waals surface area contributed by atoms with Crippen LogP contribution in [0.4, 0.5) is 0 Å². The van der Waals surface area contributed by atoms with E-state index in [0.29, 0.717) is 18.2 Å². The Kier molecular flexibility index (Phi) is 5.85. The summed E-state index contributed by atoms with van der Waals surface area (Å²) in [7, 11) is 0. The summed E-state index contributed by atoms with van der Waals surface area (Å²) in [6.07, 6.45) is 2.73. The number of nitrogens with one attached hydrogen (secondary N) is 2. The van der Waals surface area contributed by atoms with Gasteiger partial charge in [0.2, 0.25) is 5.91 Å². The lowest BCUT2D eigenvalue weighted by molar-refractivity contribution is -0.126. The Morgan fingerprint density at radius 1 is 1.39 bits per heavy atom. The summed E-state index contributed by atoms with van der Waals surface area (Å²) in [6.45, 7) is 10.1. The number of carbonyl (C=O) groups is 2. The van der Waals surface area contributed by atoms with Gasteiger partial charge in [-0.25, -0.2) is 0 Å². The fraction of sp³-hybridized carbons (Fsp3) is 0.667. The van der Waals surface area contributed by atoms with Crippen LogP contribution in [0.25, 0.3) is 0 Å². The van der Waals surface area contributed by atoms with Gasteiger partial charge in [0.05, 0.1) is 5.92 Å². The standard InChI is InChI=1S/C18H29N3O2/c1-12(2)7-8-19-17(22)15-6-5-9-21(11-15)18(23)16-13(3)10-14(4)20-16/h10,12,15,20H,5-9,11H2,1-4H3,(H,19,22). The zero-order chi connectivity index (χ0) is 17.0. The molecule has 1 aliphatic heterocycles. The molecule has 1 aromatic heterocycles. The number of amides is 2. The second-order valence-electron chi connectivity index (χ2n) is 7.07. The van der Waals surface area contributed by atoms with E-state index in [0.717, 1.165) is 43.6 Å². The van der Waals surface area contributed by atoms with Crippen molar-refractivity contribution < 1.29 is 9.59 Å². The molecule has 2 rings (SSSR count). The topological polar surface area (TPSA) is 65.2 Å². The van der Waals surface area contributed by atoms with Gasteiger partial charge in [-0.05, 0) is 50.7 Å². The van der Waals surface area contributed by atoms with Gasteiger partial charge < -0.3 is 15.2 Å². The third-order valence-electron chi connectivity index (χ3n) is 4.46. The summed E-state index contributed by atoms with van der Waals surface area (Å²) in [6, 6.07) is 1.98. The van der Waals surface area contributed by atoms with Gasteiger partial charge in [-0.3, -0.25) is 9.59 Å². The molecule has 1 fully saturated rings. The lowest BCUT2D eigenvalue weighted by atomic mass is 9.96. The number of nitrogens with zero attached hydrogens (tertiary/aromatic N) is 1. The van der Waals surface area contributed by atoms with Crippen LogP contribution in [0.2, 0.25) is 0 Å². The first-order valence-corrected chi connectivity index (χ1v) is 8.61. The Morgan fingerprint density at radius 3 is 2.74 bits per heavy atom. The van der Waals surface area contributed by atoms with Crippen LogP contribution < -0.4 is 5.32 Å². The summed E-state index contributed by atoms with van der Waals surface area (Å²) in [4.78, 5) is 29.9. The minimum Gasteiger partial charge on any atom is -0.356 e. The summed E-state index contributed by atoms with van der Waals surface area (Å²) < 4.78 is 0. The Hall–Kier alpha value is -1.78. The molecular formula is C18H29N3O2. The second kappa shape index (κ2) is 7.66. The minimum atomic E-state index is -0.0868. The highest BCUT2D eigenvalue weighted by Crippen LogP contribution is 2.20. The van der Waals surface area contributed by atoms with Gasteiger partial charge >= 0.3 is 0 Å². The van der Waals surface area contributed by atoms with Crippen LogP contribution in [-0.4, -0.2) is 41.3 Å². The molecule has 0 saturated carbocycles. The van der Waals surface area contributed by atoms with Gasteiger partial charge in [0.15, 0.2) is 0 Å². The summed E-state index contributed by atoms with van der Waals surface area (Å²) >= 11 is 0. The Bertz CT molecular complexity index is 563. The average Bonchev–Trinajstić information content (AvgIpc) is 2.84. The minimum absolute atomic E-state index is 0.00952. The third kappa shape index (κ3) is 4.60. The smallest absolute Gasteiger partial charge is 0.270 e. The molecule has 5 heteroatoms. The number of carbonyl (C=O) groups excluding carboxylic acids is 2. The van der Waals surface area contributed by atoms with E-state index < -0.39 is 0 Å². The highest BCUT2D eigenvalue weighted by Gasteiger charge is 2.29. The Balaban J connectivity index is 1.93. The first-order chi connectivity index (χ1) is 10.9. The van der Waals surface area contributed by atoms with Crippen LogP contribution in [0, 0.1) is 25.7 Å². The molecule has 0 aromatic carbocycles. The highest BCUT2D eigenvalue weighted by molar-refractivity contribution is 5.94. The quantitative estimate of drug-likeness (QED) is 0.876. The fourth-order valence-electron chi connectivity index (χ4n) is 3.11. The van der Waals surface area contributed by atoms with Gasteiger partial charge in [-0.1, -0.05) is 13.8 Å². The van der Waals surface area contributed by atoms with E-state index in [9.17, 15) is 9.59 Å². The van der Waals surface area contributed by atoms with Crippen molar-refractivity contribution >= 4 is 11.8 Å². The molecule has 2 N–H and O–H groups in total. The summed E-state index contributed by atoms with van der Waals surface area (Å²) in [5.41, 5.74) is 2.62. The molecule has 1 atom stereocenters. The van der Waals surface area contributed by atoms with E-state index in [-0.39, 0.29) is 17.7 Å². The molecular weight excluding hydrogens is 290 g/mol. The number of likely N-dealkylation sites (tertiary alicyclic amines) is 1. The van der Waals surface area contributed by atoms with Crippen molar-refractivity contribution in [3.05, 3.63) is 23.0 Å². The number of piperidine rings is 1. The molecule has 0 bridgehead atoms. The molecule has 1 unspecified atom stereocenters. The second-order valence-corrected chi connectivity index (χ2v) is 7.07. The first-order valence-electron chi connectivity index (χ1n) is 8.61. The maximum atomic E-state index is 12.7. The molecule has 1 aromatic rings. The normalized spacial score (nSPS) is 18.3. The number of hydrogen-bond acceptors (Lipinski definition) is 2. The maximum Gasteiger partial charge on any atom is 0.270 e. The van der Waals surface area contributed by atoms with Gasteiger partial charge in [0.25, 0.3) is 5.91 Å². The number of rotatable bonds is 5. The lowest BCUT2D eigenvalue weighted by Crippen LogP contribution is -2.45. The predicted molar refractivity (Wildman–Crippen MR) is 91.4 cm³/mol. The number of aryl methyl sites for hydroxylation is 2. The van der Waals surface area contributed by atoms with Crippen molar-refractivity contribution in [3.63, 3.8) is 0 Å². The molecule has 1 saturated heterocycles. The van der Waals surface area contributed by atoms with E-state index in [1.165, 1.54) is 0 Å². The van der Waals surface area contributed by atoms with Crippen LogP contribution in [0.5, 0.6) is 0 Å². The Morgan fingerprint density at radius 2 is 2.13 bits per heavy atom. The summed E-state index contributed by atoms with van der Waals surface area (Å²) in [5.74, 6) is 0.591. The van der Waals surface area contributed by atoms with Crippen molar-refractivity contribution in [3.8, 4) is 0 Å². The number of aromatic nitrogens is 1. The van der Waals surface area contributed by atoms with Crippen molar-refractivity contribution in [2.75, 3.05) is 19.6 Å². The SMILES string of the molecule is Cc1cc(C)c(C(=O)N2CCCC(C(=O)NCCC(C)C)C2)[nH]1. The van der Waals surface area contributed by atoms with Gasteiger partial charge in [0, 0.05) is 25.3 Å². The fourth-order valence-corrected chi connectivity index (χ4v) is 3.11. The van der Waals surface area contributed by atoms with E-state index in [4.69, 9.17) is 0 Å². The van der Waals surface area contributed by atoms with E-state index in [1.54, 1.807) is 0 Å². The van der Waals surface area contributed by atoms with E-state index in [2.05, 4.69) is 24.1 Å². The maximum absolute atomic E-state index is 12.7. The number of hydrogen-bond donors (Lipinski definition) is 2. The van der Waals surface area contributed by atoms with Gasteiger partial charge in [-0.2, -0.15) is 0 Å². The van der Waals surface area contributed by atoms with Gasteiger partial charge in [0.1, 0.15) is 5.69 Å². The number of H-pyrrole nitrogens is 1. The zero-order valence-electron chi connectivity index (χ0n) is 14.7. The van der Waals surface area contributed by atoms with Crippen molar-refractivity contribution in [2.24, 2.45) is 11.8 Å². The predicted octanol–water partition coefficient (Wildman–Crippen LogP) is 2.65. The van der Waals surface area contributed by atoms with Crippen LogP contribution in [0.3, 0.4) is 0 Å². The molecule has 0 spiro atoms. The largest absolute Gasteiger partial charge is 0.356 e. The van der Waals surface area contributed by atoms with Crippen LogP contribution in [0.15, 0.2) is 6.07 Å². The van der Waals surface area contributed by atoms with Crippen LogP contribution >= 0.6 is 0 Å². The summed E-state index contributed by atoms with van der Waals surface area (Å²) in [5, 5.41) is 3.01. The highest BCUT2D eigenvalue weighted by atomic mass is 16.2. The van der Waals surface area contributed by atoms with E-state index in [1.807, 2.05) is 24.8 Å². The number of aromatic amines is 1. The molecule has 23 heavy (non-hydrogen) atoms. The van der Waals surface area contributed by atoms with E-state index >= 15 is 0 Å².